The van der Waals surface area contributed by atoms with Crippen molar-refractivity contribution in [2.45, 2.75) is 6.61 Å². The van der Waals surface area contributed by atoms with Crippen LogP contribution in [-0.2, 0) is 16.1 Å². The number of carboxylic acid groups (broad SMARTS) is 1. The molecule has 0 aliphatic heterocycles. The van der Waals surface area contributed by atoms with Crippen LogP contribution in [0.2, 0.25) is 0 Å². The third-order valence-electron chi connectivity index (χ3n) is 1.77. The molecule has 0 saturated heterocycles. The van der Waals surface area contributed by atoms with Crippen molar-refractivity contribution < 1.29 is 23.8 Å². The van der Waals surface area contributed by atoms with Gasteiger partial charge in [-0.3, -0.25) is 0 Å². The Hall–Kier alpha value is -1.62. The average molecular weight is 214 g/mol. The van der Waals surface area contributed by atoms with Crippen LogP contribution in [0.25, 0.3) is 0 Å². The Bertz CT molecular complexity index is 351. The minimum Gasteiger partial charge on any atom is -0.496 e. The van der Waals surface area contributed by atoms with Crippen LogP contribution < -0.4 is 4.74 Å². The smallest absolute Gasteiger partial charge is 0.329 e. The number of carboxylic acids is 1. The van der Waals surface area contributed by atoms with Gasteiger partial charge in [-0.05, 0) is 12.1 Å². The first-order valence-corrected chi connectivity index (χ1v) is 4.26. The summed E-state index contributed by atoms with van der Waals surface area (Å²) in [6, 6.07) is 4.36. The molecule has 0 unspecified atom stereocenters. The van der Waals surface area contributed by atoms with Crippen molar-refractivity contribution in [2.24, 2.45) is 0 Å². The van der Waals surface area contributed by atoms with Crippen LogP contribution in [0.3, 0.4) is 0 Å². The number of hydrogen-bond acceptors (Lipinski definition) is 3. The molecule has 0 amide bonds. The SMILES string of the molecule is COc1cccc(F)c1COCC(=O)O. The molecule has 0 aliphatic rings. The van der Waals surface area contributed by atoms with E-state index in [1.807, 2.05) is 0 Å². The Balaban J connectivity index is 2.70. The number of ether oxygens (including phenoxy) is 2. The first-order chi connectivity index (χ1) is 7.15. The monoisotopic (exact) mass is 214 g/mol. The molecule has 0 aromatic heterocycles. The zero-order valence-electron chi connectivity index (χ0n) is 8.20. The summed E-state index contributed by atoms with van der Waals surface area (Å²) < 4.78 is 23.0. The summed E-state index contributed by atoms with van der Waals surface area (Å²) in [4.78, 5) is 10.2. The molecule has 0 saturated carbocycles. The Morgan fingerprint density at radius 2 is 2.27 bits per heavy atom. The second-order valence-corrected chi connectivity index (χ2v) is 2.81. The highest BCUT2D eigenvalue weighted by Gasteiger charge is 2.09. The second-order valence-electron chi connectivity index (χ2n) is 2.81. The fourth-order valence-electron chi connectivity index (χ4n) is 1.11. The van der Waals surface area contributed by atoms with Crippen molar-refractivity contribution in [1.82, 2.24) is 0 Å². The Morgan fingerprint density at radius 3 is 2.87 bits per heavy atom. The molecular weight excluding hydrogens is 203 g/mol. The first-order valence-electron chi connectivity index (χ1n) is 4.26. The maximum Gasteiger partial charge on any atom is 0.329 e. The van der Waals surface area contributed by atoms with Crippen molar-refractivity contribution in [2.75, 3.05) is 13.7 Å². The van der Waals surface area contributed by atoms with E-state index in [0.717, 1.165) is 0 Å². The van der Waals surface area contributed by atoms with Gasteiger partial charge in [-0.2, -0.15) is 0 Å². The van der Waals surface area contributed by atoms with Gasteiger partial charge in [-0.25, -0.2) is 9.18 Å². The predicted molar refractivity (Wildman–Crippen MR) is 50.2 cm³/mol. The highest BCUT2D eigenvalue weighted by Crippen LogP contribution is 2.21. The van der Waals surface area contributed by atoms with E-state index in [4.69, 9.17) is 14.6 Å². The van der Waals surface area contributed by atoms with Crippen LogP contribution in [0.15, 0.2) is 18.2 Å². The number of hydrogen-bond donors (Lipinski definition) is 1. The largest absolute Gasteiger partial charge is 0.496 e. The number of benzene rings is 1. The molecular formula is C10H11FO4. The van der Waals surface area contributed by atoms with Gasteiger partial charge in [0.2, 0.25) is 0 Å². The number of rotatable bonds is 5. The quantitative estimate of drug-likeness (QED) is 0.805. The van der Waals surface area contributed by atoms with E-state index in [0.29, 0.717) is 5.75 Å². The molecule has 1 aromatic rings. The lowest BCUT2D eigenvalue weighted by molar-refractivity contribution is -0.142. The van der Waals surface area contributed by atoms with Gasteiger partial charge < -0.3 is 14.6 Å². The number of halogens is 1. The van der Waals surface area contributed by atoms with Gasteiger partial charge in [0.25, 0.3) is 0 Å². The van der Waals surface area contributed by atoms with Gasteiger partial charge in [0.05, 0.1) is 19.3 Å². The molecule has 82 valence electrons. The molecule has 15 heavy (non-hydrogen) atoms. The van der Waals surface area contributed by atoms with Crippen molar-refractivity contribution in [3.63, 3.8) is 0 Å². The standard InChI is InChI=1S/C10H11FO4/c1-14-9-4-2-3-8(11)7(9)5-15-6-10(12)13/h2-4H,5-6H2,1H3,(H,12,13). The van der Waals surface area contributed by atoms with E-state index in [-0.39, 0.29) is 12.2 Å². The van der Waals surface area contributed by atoms with Crippen molar-refractivity contribution in [1.29, 1.82) is 0 Å². The minimum absolute atomic E-state index is 0.123. The van der Waals surface area contributed by atoms with Crippen molar-refractivity contribution in [3.8, 4) is 5.75 Å². The second kappa shape index (κ2) is 5.31. The minimum atomic E-state index is -1.09. The van der Waals surface area contributed by atoms with Crippen LogP contribution in [0.5, 0.6) is 5.75 Å². The molecule has 1 aromatic carbocycles. The lowest BCUT2D eigenvalue weighted by Crippen LogP contribution is -2.08. The summed E-state index contributed by atoms with van der Waals surface area (Å²) >= 11 is 0. The van der Waals surface area contributed by atoms with Gasteiger partial charge in [0, 0.05) is 0 Å². The molecule has 0 bridgehead atoms. The van der Waals surface area contributed by atoms with Crippen LogP contribution in [0.4, 0.5) is 4.39 Å². The lowest BCUT2D eigenvalue weighted by Gasteiger charge is -2.08. The van der Waals surface area contributed by atoms with E-state index < -0.39 is 18.4 Å². The van der Waals surface area contributed by atoms with Gasteiger partial charge in [-0.1, -0.05) is 6.07 Å². The molecule has 0 heterocycles. The molecule has 4 nitrogen and oxygen atoms in total. The molecule has 0 aliphatic carbocycles. The fraction of sp³-hybridized carbons (Fsp3) is 0.300. The number of carbonyl (C=O) groups is 1. The number of methoxy groups -OCH3 is 1. The van der Waals surface area contributed by atoms with E-state index in [1.54, 1.807) is 6.07 Å². The fourth-order valence-corrected chi connectivity index (χ4v) is 1.11. The molecule has 0 spiro atoms. The van der Waals surface area contributed by atoms with Crippen LogP contribution in [0, 0.1) is 5.82 Å². The zero-order chi connectivity index (χ0) is 11.3. The van der Waals surface area contributed by atoms with E-state index in [9.17, 15) is 9.18 Å². The Labute approximate surface area is 86.2 Å². The molecule has 0 radical (unpaired) electrons. The summed E-state index contributed by atoms with van der Waals surface area (Å²) in [6.45, 7) is -0.584. The van der Waals surface area contributed by atoms with Crippen LogP contribution in [0.1, 0.15) is 5.56 Å². The number of aliphatic carboxylic acids is 1. The highest BCUT2D eigenvalue weighted by atomic mass is 19.1. The summed E-state index contributed by atoms with van der Waals surface area (Å²) in [5, 5.41) is 8.34. The van der Waals surface area contributed by atoms with Crippen molar-refractivity contribution in [3.05, 3.63) is 29.6 Å². The summed E-state index contributed by atoms with van der Waals surface area (Å²) in [6.07, 6.45) is 0. The first kappa shape index (κ1) is 11.5. The summed E-state index contributed by atoms with van der Waals surface area (Å²) in [5.74, 6) is -1.22. The van der Waals surface area contributed by atoms with Gasteiger partial charge in [0.1, 0.15) is 18.2 Å². The van der Waals surface area contributed by atoms with E-state index in [1.165, 1.54) is 19.2 Å². The third kappa shape index (κ3) is 3.21. The normalized spacial score (nSPS) is 10.0. The Kier molecular flexibility index (Phi) is 4.05. The molecule has 5 heteroatoms. The van der Waals surface area contributed by atoms with Crippen LogP contribution >= 0.6 is 0 Å². The van der Waals surface area contributed by atoms with Crippen molar-refractivity contribution >= 4 is 5.97 Å². The summed E-state index contributed by atoms with van der Waals surface area (Å²) in [7, 11) is 1.41. The lowest BCUT2D eigenvalue weighted by atomic mass is 10.2. The van der Waals surface area contributed by atoms with E-state index >= 15 is 0 Å². The zero-order valence-corrected chi connectivity index (χ0v) is 8.20. The van der Waals surface area contributed by atoms with Crippen LogP contribution in [-0.4, -0.2) is 24.8 Å². The van der Waals surface area contributed by atoms with Gasteiger partial charge >= 0.3 is 5.97 Å². The summed E-state index contributed by atoms with van der Waals surface area (Å²) in [5.41, 5.74) is 0.223. The van der Waals surface area contributed by atoms with Gasteiger partial charge in [0.15, 0.2) is 0 Å². The Morgan fingerprint density at radius 1 is 1.53 bits per heavy atom. The third-order valence-corrected chi connectivity index (χ3v) is 1.77. The molecule has 1 rings (SSSR count). The molecule has 0 atom stereocenters. The maximum atomic E-state index is 13.3. The average Bonchev–Trinajstić information content (AvgIpc) is 2.20. The predicted octanol–water partition coefficient (Wildman–Crippen LogP) is 1.44. The maximum absolute atomic E-state index is 13.3. The molecule has 0 fully saturated rings. The highest BCUT2D eigenvalue weighted by molar-refractivity contribution is 5.68. The topological polar surface area (TPSA) is 55.8 Å². The molecule has 1 N–H and O–H groups in total. The van der Waals surface area contributed by atoms with E-state index in [2.05, 4.69) is 0 Å². The van der Waals surface area contributed by atoms with Gasteiger partial charge in [-0.15, -0.1) is 0 Å².